The predicted octanol–water partition coefficient (Wildman–Crippen LogP) is 2.60. The Morgan fingerprint density at radius 2 is 2.16 bits per heavy atom. The van der Waals surface area contributed by atoms with Crippen LogP contribution < -0.4 is 5.56 Å². The monoisotopic (exact) mass is 249 g/mol. The molecule has 4 heteroatoms. The lowest BCUT2D eigenvalue weighted by molar-refractivity contribution is 1.11. The van der Waals surface area contributed by atoms with Crippen molar-refractivity contribution in [3.8, 4) is 6.07 Å². The average Bonchev–Trinajstić information content (AvgIpc) is 2.79. The number of hydrogen-bond acceptors (Lipinski definition) is 2. The molecule has 3 aromatic rings. The maximum absolute atomic E-state index is 12.5. The summed E-state index contributed by atoms with van der Waals surface area (Å²) in [5.74, 6) is 0. The molecule has 0 radical (unpaired) electrons. The first-order chi connectivity index (χ1) is 9.19. The van der Waals surface area contributed by atoms with E-state index in [9.17, 15) is 10.1 Å². The Balaban J connectivity index is 2.73. The van der Waals surface area contributed by atoms with Crippen molar-refractivity contribution < 1.29 is 0 Å². The minimum atomic E-state index is -0.154. The zero-order valence-corrected chi connectivity index (χ0v) is 10.4. The van der Waals surface area contributed by atoms with E-state index in [1.165, 1.54) is 10.5 Å². The van der Waals surface area contributed by atoms with Gasteiger partial charge >= 0.3 is 0 Å². The topological polar surface area (TPSA) is 61.1 Å². The van der Waals surface area contributed by atoms with Gasteiger partial charge in [0.25, 0.3) is 5.56 Å². The third-order valence-corrected chi connectivity index (χ3v) is 3.39. The van der Waals surface area contributed by atoms with E-state index >= 15 is 0 Å². The van der Waals surface area contributed by atoms with Crippen LogP contribution in [0.1, 0.15) is 16.7 Å². The van der Waals surface area contributed by atoms with Gasteiger partial charge in [-0.05, 0) is 24.6 Å². The highest BCUT2D eigenvalue weighted by Gasteiger charge is 2.16. The van der Waals surface area contributed by atoms with E-state index in [1.54, 1.807) is 6.92 Å². The van der Waals surface area contributed by atoms with Crippen molar-refractivity contribution in [3.05, 3.63) is 57.9 Å². The first kappa shape index (κ1) is 11.3. The molecule has 0 amide bonds. The molecule has 0 aliphatic carbocycles. The molecule has 92 valence electrons. The molecule has 0 aliphatic heterocycles. The third-order valence-electron chi connectivity index (χ3n) is 3.39. The molecule has 0 saturated heterocycles. The molecule has 0 bridgehead atoms. The van der Waals surface area contributed by atoms with Crippen LogP contribution in [0.2, 0.25) is 0 Å². The van der Waals surface area contributed by atoms with E-state index in [0.717, 1.165) is 11.0 Å². The van der Waals surface area contributed by atoms with Crippen molar-refractivity contribution in [3.63, 3.8) is 0 Å². The van der Waals surface area contributed by atoms with Crippen LogP contribution in [0.3, 0.4) is 0 Å². The van der Waals surface area contributed by atoms with E-state index in [2.05, 4.69) is 17.6 Å². The minimum Gasteiger partial charge on any atom is -0.338 e. The zero-order valence-electron chi connectivity index (χ0n) is 10.4. The second kappa shape index (κ2) is 3.85. The molecule has 2 heterocycles. The molecule has 0 unspecified atom stereocenters. The fourth-order valence-corrected chi connectivity index (χ4v) is 2.43. The number of aromatic nitrogens is 2. The van der Waals surface area contributed by atoms with Gasteiger partial charge in [-0.25, -0.2) is 0 Å². The smallest absolute Gasteiger partial charge is 0.264 e. The van der Waals surface area contributed by atoms with Gasteiger partial charge in [-0.15, -0.1) is 0 Å². The fourth-order valence-electron chi connectivity index (χ4n) is 2.43. The summed E-state index contributed by atoms with van der Waals surface area (Å²) >= 11 is 0. The first-order valence-corrected chi connectivity index (χ1v) is 5.87. The van der Waals surface area contributed by atoms with E-state index in [-0.39, 0.29) is 5.56 Å². The van der Waals surface area contributed by atoms with Gasteiger partial charge in [-0.3, -0.25) is 9.20 Å². The normalized spacial score (nSPS) is 10.7. The summed E-state index contributed by atoms with van der Waals surface area (Å²) in [7, 11) is 0. The maximum atomic E-state index is 12.5. The summed E-state index contributed by atoms with van der Waals surface area (Å²) in [6.45, 7) is 5.43. The number of benzene rings is 1. The van der Waals surface area contributed by atoms with E-state index < -0.39 is 0 Å². The molecule has 1 N–H and O–H groups in total. The van der Waals surface area contributed by atoms with Gasteiger partial charge in [0, 0.05) is 5.56 Å². The molecule has 1 aromatic carbocycles. The largest absolute Gasteiger partial charge is 0.338 e. The summed E-state index contributed by atoms with van der Waals surface area (Å²) in [6.07, 6.45) is 1.51. The average molecular weight is 249 g/mol. The van der Waals surface area contributed by atoms with E-state index in [4.69, 9.17) is 0 Å². The van der Waals surface area contributed by atoms with E-state index in [1.807, 2.05) is 24.3 Å². The predicted molar refractivity (Wildman–Crippen MR) is 75.1 cm³/mol. The number of hydrogen-bond donors (Lipinski definition) is 1. The van der Waals surface area contributed by atoms with Crippen molar-refractivity contribution >= 4 is 22.8 Å². The van der Waals surface area contributed by atoms with Crippen LogP contribution in [-0.4, -0.2) is 9.38 Å². The molecule has 0 atom stereocenters. The molecule has 4 nitrogen and oxygen atoms in total. The summed E-state index contributed by atoms with van der Waals surface area (Å²) in [5, 5.41) is 9.33. The van der Waals surface area contributed by atoms with Gasteiger partial charge in [-0.1, -0.05) is 24.8 Å². The number of nitriles is 1. The fraction of sp³-hybridized carbons (Fsp3) is 0.0667. The lowest BCUT2D eigenvalue weighted by Crippen LogP contribution is -2.18. The molecule has 19 heavy (non-hydrogen) atoms. The lowest BCUT2D eigenvalue weighted by atomic mass is 10.1. The summed E-state index contributed by atoms with van der Waals surface area (Å²) < 4.78 is 1.54. The van der Waals surface area contributed by atoms with Gasteiger partial charge < -0.3 is 4.98 Å². The van der Waals surface area contributed by atoms with Crippen LogP contribution in [-0.2, 0) is 0 Å². The quantitative estimate of drug-likeness (QED) is 0.720. The molecule has 0 saturated carbocycles. The molecule has 0 spiro atoms. The highest BCUT2D eigenvalue weighted by molar-refractivity contribution is 5.83. The molecular formula is C15H11N3O. The lowest BCUT2D eigenvalue weighted by Gasteiger charge is -2.05. The number of aromatic amines is 1. The maximum Gasteiger partial charge on any atom is 0.264 e. The number of nitrogens with zero attached hydrogens (tertiary/aromatic N) is 2. The van der Waals surface area contributed by atoms with Gasteiger partial charge in [0.1, 0.15) is 11.7 Å². The molecule has 0 aliphatic rings. The van der Waals surface area contributed by atoms with Crippen molar-refractivity contribution in [1.29, 1.82) is 5.26 Å². The van der Waals surface area contributed by atoms with Crippen molar-refractivity contribution in [2.24, 2.45) is 0 Å². The van der Waals surface area contributed by atoms with Crippen molar-refractivity contribution in [2.75, 3.05) is 0 Å². The number of rotatable bonds is 1. The second-order valence-corrected chi connectivity index (χ2v) is 4.36. The highest BCUT2D eigenvalue weighted by Crippen LogP contribution is 2.21. The van der Waals surface area contributed by atoms with Gasteiger partial charge in [0.15, 0.2) is 0 Å². The Morgan fingerprint density at radius 1 is 1.42 bits per heavy atom. The number of imidazole rings is 1. The Morgan fingerprint density at radius 3 is 2.84 bits per heavy atom. The summed E-state index contributed by atoms with van der Waals surface area (Å²) in [5.41, 5.74) is 3.59. The molecular weight excluding hydrogens is 238 g/mol. The SMILES string of the molecule is C=Cc1c(C)c(C#N)c2[nH]c3ccccc3n2c1=O. The number of fused-ring (bicyclic) bond motifs is 3. The van der Waals surface area contributed by atoms with Crippen LogP contribution in [0.5, 0.6) is 0 Å². The highest BCUT2D eigenvalue weighted by atomic mass is 16.1. The van der Waals surface area contributed by atoms with Gasteiger partial charge in [0.2, 0.25) is 0 Å². The first-order valence-electron chi connectivity index (χ1n) is 5.87. The van der Waals surface area contributed by atoms with Crippen LogP contribution >= 0.6 is 0 Å². The van der Waals surface area contributed by atoms with Gasteiger partial charge in [-0.2, -0.15) is 5.26 Å². The molecule has 2 aromatic heterocycles. The number of nitrogens with one attached hydrogen (secondary N) is 1. The Bertz CT molecular complexity index is 922. The van der Waals surface area contributed by atoms with Gasteiger partial charge in [0.05, 0.1) is 16.6 Å². The zero-order chi connectivity index (χ0) is 13.6. The van der Waals surface area contributed by atoms with Crippen LogP contribution in [0.4, 0.5) is 0 Å². The Hall–Kier alpha value is -2.80. The molecule has 0 fully saturated rings. The van der Waals surface area contributed by atoms with Crippen molar-refractivity contribution in [2.45, 2.75) is 6.92 Å². The molecule has 3 rings (SSSR count). The Labute approximate surface area is 109 Å². The minimum absolute atomic E-state index is 0.154. The Kier molecular flexibility index (Phi) is 2.29. The van der Waals surface area contributed by atoms with Crippen LogP contribution in [0, 0.1) is 18.3 Å². The number of H-pyrrole nitrogens is 1. The summed E-state index contributed by atoms with van der Waals surface area (Å²) in [4.78, 5) is 15.6. The standard InChI is InChI=1S/C15H11N3O/c1-3-10-9(2)11(8-16)14-17-12-6-4-5-7-13(12)18(14)15(10)19/h3-7,17H,1H2,2H3. The second-order valence-electron chi connectivity index (χ2n) is 4.36. The summed E-state index contributed by atoms with van der Waals surface area (Å²) in [6, 6.07) is 9.64. The third kappa shape index (κ3) is 1.36. The van der Waals surface area contributed by atoms with Crippen LogP contribution in [0.15, 0.2) is 35.6 Å². The van der Waals surface area contributed by atoms with Crippen molar-refractivity contribution in [1.82, 2.24) is 9.38 Å². The number of para-hydroxylation sites is 2. The number of pyridine rings is 1. The van der Waals surface area contributed by atoms with E-state index in [0.29, 0.717) is 22.3 Å². The van der Waals surface area contributed by atoms with Crippen LogP contribution in [0.25, 0.3) is 22.8 Å².